The van der Waals surface area contributed by atoms with Gasteiger partial charge in [-0.05, 0) is 20.8 Å². The lowest BCUT2D eigenvalue weighted by molar-refractivity contribution is -0.174. The average molecular weight is 313 g/mol. The Hall–Kier alpha value is -0.980. The highest BCUT2D eigenvalue weighted by atomic mass is 31.2. The standard InChI is InChI=1S/C11H21FNO6P/c1-7(18-9(14)11(2,3)4)19-10(15)13-5-8(12)6-20(16)17/h7-8,16-17H,5-6H2,1-4H3,(H,13,15)/t7?,8-/m1/s1. The van der Waals surface area contributed by atoms with E-state index in [-0.39, 0.29) is 0 Å². The summed E-state index contributed by atoms with van der Waals surface area (Å²) in [5.74, 6) is -0.535. The van der Waals surface area contributed by atoms with E-state index in [2.05, 4.69) is 5.32 Å². The first-order valence-electron chi connectivity index (χ1n) is 5.97. The summed E-state index contributed by atoms with van der Waals surface area (Å²) < 4.78 is 22.6. The second-order valence-corrected chi connectivity index (χ2v) is 6.27. The molecule has 0 aromatic heterocycles. The number of alkyl halides is 1. The number of rotatable bonds is 6. The predicted octanol–water partition coefficient (Wildman–Crippen LogP) is 1.28. The van der Waals surface area contributed by atoms with Crippen molar-refractivity contribution in [3.05, 3.63) is 0 Å². The Morgan fingerprint density at radius 2 is 1.85 bits per heavy atom. The van der Waals surface area contributed by atoms with E-state index in [1.807, 2.05) is 0 Å². The number of alkyl carbamates (subject to hydrolysis) is 1. The normalized spacial score (nSPS) is 14.6. The smallest absolute Gasteiger partial charge is 0.410 e. The van der Waals surface area contributed by atoms with Crippen LogP contribution in [0, 0.1) is 5.41 Å². The first-order chi connectivity index (χ1) is 9.02. The van der Waals surface area contributed by atoms with E-state index in [0.29, 0.717) is 0 Å². The van der Waals surface area contributed by atoms with E-state index >= 15 is 0 Å². The molecule has 0 bridgehead atoms. The van der Waals surface area contributed by atoms with Gasteiger partial charge in [0.2, 0.25) is 6.29 Å². The van der Waals surface area contributed by atoms with Crippen molar-refractivity contribution in [3.8, 4) is 0 Å². The summed E-state index contributed by atoms with van der Waals surface area (Å²) in [7, 11) is -2.35. The van der Waals surface area contributed by atoms with Crippen molar-refractivity contribution < 1.29 is 33.2 Å². The monoisotopic (exact) mass is 313 g/mol. The van der Waals surface area contributed by atoms with Crippen molar-refractivity contribution in [2.75, 3.05) is 12.7 Å². The molecule has 0 rings (SSSR count). The van der Waals surface area contributed by atoms with E-state index < -0.39 is 51.0 Å². The molecule has 0 saturated heterocycles. The van der Waals surface area contributed by atoms with Crippen molar-refractivity contribution in [1.82, 2.24) is 5.32 Å². The van der Waals surface area contributed by atoms with Crippen molar-refractivity contribution >= 4 is 20.4 Å². The van der Waals surface area contributed by atoms with Crippen LogP contribution in [0.1, 0.15) is 27.7 Å². The van der Waals surface area contributed by atoms with E-state index in [1.165, 1.54) is 6.92 Å². The molecule has 9 heteroatoms. The van der Waals surface area contributed by atoms with E-state index in [1.54, 1.807) is 20.8 Å². The van der Waals surface area contributed by atoms with Crippen LogP contribution in [0.3, 0.4) is 0 Å². The molecule has 0 aromatic rings. The van der Waals surface area contributed by atoms with Gasteiger partial charge in [-0.1, -0.05) is 0 Å². The summed E-state index contributed by atoms with van der Waals surface area (Å²) in [6.45, 7) is 5.89. The maximum Gasteiger partial charge on any atom is 0.410 e. The summed E-state index contributed by atoms with van der Waals surface area (Å²) in [4.78, 5) is 39.9. The van der Waals surface area contributed by atoms with Crippen LogP contribution in [0.4, 0.5) is 9.18 Å². The lowest BCUT2D eigenvalue weighted by Gasteiger charge is -2.21. The number of carbonyl (C=O) groups is 2. The van der Waals surface area contributed by atoms with Crippen LogP contribution in [-0.4, -0.2) is 47.0 Å². The van der Waals surface area contributed by atoms with Gasteiger partial charge < -0.3 is 24.6 Å². The zero-order valence-corrected chi connectivity index (χ0v) is 12.8. The third-order valence-corrected chi connectivity index (χ3v) is 2.71. The van der Waals surface area contributed by atoms with Gasteiger partial charge in [0.05, 0.1) is 18.1 Å². The highest BCUT2D eigenvalue weighted by Crippen LogP contribution is 2.24. The van der Waals surface area contributed by atoms with Crippen LogP contribution in [0.25, 0.3) is 0 Å². The average Bonchev–Trinajstić information content (AvgIpc) is 2.23. The SMILES string of the molecule is CC(OC(=O)NC[C@@H](F)CP(O)O)OC(=O)C(C)(C)C. The summed E-state index contributed by atoms with van der Waals surface area (Å²) in [5, 5.41) is 2.09. The summed E-state index contributed by atoms with van der Waals surface area (Å²) in [6.07, 6.45) is -4.10. The fraction of sp³-hybridized carbons (Fsp3) is 0.818. The molecule has 2 atom stereocenters. The number of carbonyl (C=O) groups excluding carboxylic acids is 2. The number of halogens is 1. The van der Waals surface area contributed by atoms with Crippen molar-refractivity contribution in [2.24, 2.45) is 5.41 Å². The third kappa shape index (κ3) is 9.01. The van der Waals surface area contributed by atoms with Crippen LogP contribution in [0.5, 0.6) is 0 Å². The fourth-order valence-corrected chi connectivity index (χ4v) is 1.46. The molecule has 0 fully saturated rings. The van der Waals surface area contributed by atoms with E-state index in [0.717, 1.165) is 0 Å². The second-order valence-electron chi connectivity index (χ2n) is 5.16. The minimum atomic E-state index is -2.35. The van der Waals surface area contributed by atoms with Crippen LogP contribution in [-0.2, 0) is 14.3 Å². The van der Waals surface area contributed by atoms with Gasteiger partial charge in [-0.3, -0.25) is 4.79 Å². The van der Waals surface area contributed by atoms with Gasteiger partial charge in [0.1, 0.15) is 6.17 Å². The second kappa shape index (κ2) is 8.34. The molecule has 0 aliphatic rings. The van der Waals surface area contributed by atoms with Gasteiger partial charge in [0, 0.05) is 6.92 Å². The minimum Gasteiger partial charge on any atom is -0.425 e. The van der Waals surface area contributed by atoms with Gasteiger partial charge in [-0.15, -0.1) is 0 Å². The molecule has 20 heavy (non-hydrogen) atoms. The lowest BCUT2D eigenvalue weighted by atomic mass is 9.97. The molecular weight excluding hydrogens is 292 g/mol. The highest BCUT2D eigenvalue weighted by Gasteiger charge is 2.26. The molecule has 0 heterocycles. The predicted molar refractivity (Wildman–Crippen MR) is 70.6 cm³/mol. The molecule has 0 aromatic carbocycles. The highest BCUT2D eigenvalue weighted by molar-refractivity contribution is 7.45. The number of amides is 1. The number of hydrogen-bond acceptors (Lipinski definition) is 6. The zero-order valence-electron chi connectivity index (χ0n) is 11.9. The van der Waals surface area contributed by atoms with Crippen molar-refractivity contribution in [3.63, 3.8) is 0 Å². The van der Waals surface area contributed by atoms with Crippen LogP contribution >= 0.6 is 8.38 Å². The number of esters is 1. The third-order valence-electron chi connectivity index (χ3n) is 1.99. The quantitative estimate of drug-likeness (QED) is 0.387. The maximum absolute atomic E-state index is 13.1. The molecule has 3 N–H and O–H groups in total. The molecule has 0 radical (unpaired) electrons. The summed E-state index contributed by atoms with van der Waals surface area (Å²) >= 11 is 0. The number of hydrogen-bond donors (Lipinski definition) is 3. The topological polar surface area (TPSA) is 105 Å². The van der Waals surface area contributed by atoms with Gasteiger partial charge in [-0.2, -0.15) is 0 Å². The molecular formula is C11H21FNO6P. The molecule has 0 aliphatic carbocycles. The molecule has 1 unspecified atom stereocenters. The van der Waals surface area contributed by atoms with Gasteiger partial charge >= 0.3 is 12.1 Å². The fourth-order valence-electron chi connectivity index (χ4n) is 0.980. The molecule has 1 amide bonds. The molecule has 7 nitrogen and oxygen atoms in total. The van der Waals surface area contributed by atoms with E-state index in [4.69, 9.17) is 19.3 Å². The molecule has 0 aliphatic heterocycles. The Labute approximate surface area is 118 Å². The Bertz CT molecular complexity index is 333. The summed E-state index contributed by atoms with van der Waals surface area (Å²) in [5.41, 5.74) is -0.725. The van der Waals surface area contributed by atoms with Crippen LogP contribution < -0.4 is 5.32 Å². The first kappa shape index (κ1) is 19.0. The molecule has 0 spiro atoms. The Balaban J connectivity index is 4.00. The summed E-state index contributed by atoms with van der Waals surface area (Å²) in [6, 6.07) is 0. The number of ether oxygens (including phenoxy) is 2. The Morgan fingerprint density at radius 1 is 1.30 bits per heavy atom. The van der Waals surface area contributed by atoms with Crippen LogP contribution in [0.2, 0.25) is 0 Å². The molecule has 0 saturated carbocycles. The van der Waals surface area contributed by atoms with Crippen molar-refractivity contribution in [2.45, 2.75) is 40.2 Å². The van der Waals surface area contributed by atoms with Gasteiger partial charge in [0.15, 0.2) is 8.38 Å². The molecule has 118 valence electrons. The largest absolute Gasteiger partial charge is 0.425 e. The van der Waals surface area contributed by atoms with Gasteiger partial charge in [-0.25, -0.2) is 9.18 Å². The van der Waals surface area contributed by atoms with Crippen molar-refractivity contribution in [1.29, 1.82) is 0 Å². The first-order valence-corrected chi connectivity index (χ1v) is 7.40. The van der Waals surface area contributed by atoms with Gasteiger partial charge in [0.25, 0.3) is 0 Å². The maximum atomic E-state index is 13.1. The zero-order chi connectivity index (χ0) is 15.9. The Kier molecular flexibility index (Phi) is 7.93. The van der Waals surface area contributed by atoms with Crippen LogP contribution in [0.15, 0.2) is 0 Å². The number of nitrogens with one attached hydrogen (secondary N) is 1. The minimum absolute atomic E-state index is 0.418. The van der Waals surface area contributed by atoms with E-state index in [9.17, 15) is 14.0 Å². The Morgan fingerprint density at radius 3 is 2.30 bits per heavy atom. The lowest BCUT2D eigenvalue weighted by Crippen LogP contribution is -2.36.